The van der Waals surface area contributed by atoms with Gasteiger partial charge in [0.25, 0.3) is 5.91 Å². The topological polar surface area (TPSA) is 104 Å². The Morgan fingerprint density at radius 1 is 1.29 bits per heavy atom. The van der Waals surface area contributed by atoms with Gasteiger partial charge in [0.15, 0.2) is 11.6 Å². The SMILES string of the molecule is CCn1c(C(=O)NC2CC2)cc2c3c(ncn3C)c(Nc3cc(C)n(CCOC(C)C)n3)nc21. The number of ether oxygens (including phenoxy) is 1. The third-order valence-electron chi connectivity index (χ3n) is 6.15. The van der Waals surface area contributed by atoms with E-state index in [0.29, 0.717) is 43.1 Å². The van der Waals surface area contributed by atoms with Gasteiger partial charge in [0.2, 0.25) is 0 Å². The fourth-order valence-electron chi connectivity index (χ4n) is 4.29. The van der Waals surface area contributed by atoms with E-state index in [2.05, 4.69) is 15.6 Å². The van der Waals surface area contributed by atoms with Crippen LogP contribution in [-0.2, 0) is 24.9 Å². The average molecular weight is 465 g/mol. The molecule has 10 heteroatoms. The first kappa shape index (κ1) is 22.4. The van der Waals surface area contributed by atoms with Crippen molar-refractivity contribution in [3.05, 3.63) is 29.8 Å². The van der Waals surface area contributed by atoms with Gasteiger partial charge in [0.05, 0.1) is 31.1 Å². The Hall–Kier alpha value is -3.40. The maximum atomic E-state index is 12.9. The smallest absolute Gasteiger partial charge is 0.268 e. The maximum Gasteiger partial charge on any atom is 0.268 e. The number of nitrogens with zero attached hydrogens (tertiary/aromatic N) is 6. The Morgan fingerprint density at radius 3 is 2.79 bits per heavy atom. The molecule has 0 aliphatic heterocycles. The van der Waals surface area contributed by atoms with E-state index in [-0.39, 0.29) is 12.0 Å². The van der Waals surface area contributed by atoms with Gasteiger partial charge in [-0.25, -0.2) is 9.97 Å². The van der Waals surface area contributed by atoms with Crippen molar-refractivity contribution in [2.45, 2.75) is 65.8 Å². The normalized spacial score (nSPS) is 13.9. The zero-order chi connectivity index (χ0) is 24.0. The van der Waals surface area contributed by atoms with E-state index >= 15 is 0 Å². The molecule has 1 fully saturated rings. The molecule has 1 amide bonds. The van der Waals surface area contributed by atoms with Crippen molar-refractivity contribution in [1.29, 1.82) is 0 Å². The first-order valence-electron chi connectivity index (χ1n) is 11.9. The summed E-state index contributed by atoms with van der Waals surface area (Å²) in [4.78, 5) is 22.5. The second-order valence-electron chi connectivity index (χ2n) is 9.21. The fourth-order valence-corrected chi connectivity index (χ4v) is 4.29. The van der Waals surface area contributed by atoms with Crippen LogP contribution >= 0.6 is 0 Å². The number of aromatic nitrogens is 6. The minimum atomic E-state index is -0.0508. The third kappa shape index (κ3) is 4.13. The van der Waals surface area contributed by atoms with Crippen LogP contribution in [0.2, 0.25) is 0 Å². The Labute approximate surface area is 198 Å². The lowest BCUT2D eigenvalue weighted by Gasteiger charge is -2.10. The molecule has 4 heterocycles. The standard InChI is InChI=1S/C24H32N8O2/c1-6-31-18(24(33)26-16-7-8-16)12-17-21-20(25-13-30(21)5)22(28-23(17)31)27-19-11-15(4)32(29-19)9-10-34-14(2)3/h11-14,16H,6-10H2,1-5H3,(H,26,33)(H,27,28,29). The molecule has 0 atom stereocenters. The van der Waals surface area contributed by atoms with Crippen molar-refractivity contribution in [2.75, 3.05) is 11.9 Å². The quantitative estimate of drug-likeness (QED) is 0.393. The zero-order valence-corrected chi connectivity index (χ0v) is 20.4. The van der Waals surface area contributed by atoms with Gasteiger partial charge in [-0.3, -0.25) is 9.48 Å². The van der Waals surface area contributed by atoms with Crippen LogP contribution in [0.15, 0.2) is 18.5 Å². The first-order chi connectivity index (χ1) is 16.4. The summed E-state index contributed by atoms with van der Waals surface area (Å²) in [5.74, 6) is 1.26. The van der Waals surface area contributed by atoms with E-state index in [0.717, 1.165) is 40.6 Å². The molecular weight excluding hydrogens is 432 g/mol. The second kappa shape index (κ2) is 8.75. The van der Waals surface area contributed by atoms with Gasteiger partial charge in [-0.05, 0) is 46.6 Å². The number of aryl methyl sites for hydroxylation is 3. The van der Waals surface area contributed by atoms with Crippen LogP contribution in [0.3, 0.4) is 0 Å². The molecule has 10 nitrogen and oxygen atoms in total. The van der Waals surface area contributed by atoms with E-state index in [9.17, 15) is 4.79 Å². The van der Waals surface area contributed by atoms with Crippen LogP contribution in [-0.4, -0.2) is 53.5 Å². The molecule has 1 aliphatic carbocycles. The summed E-state index contributed by atoms with van der Waals surface area (Å²) in [6, 6.07) is 4.22. The van der Waals surface area contributed by atoms with Crippen molar-refractivity contribution in [3.63, 3.8) is 0 Å². The molecule has 0 bridgehead atoms. The van der Waals surface area contributed by atoms with E-state index in [4.69, 9.17) is 14.8 Å². The molecule has 1 aliphatic rings. The molecule has 5 rings (SSSR count). The molecule has 1 saturated carbocycles. The van der Waals surface area contributed by atoms with Gasteiger partial charge in [-0.2, -0.15) is 5.10 Å². The minimum Gasteiger partial charge on any atom is -0.377 e. The van der Waals surface area contributed by atoms with Crippen molar-refractivity contribution in [1.82, 2.24) is 34.2 Å². The third-order valence-corrected chi connectivity index (χ3v) is 6.15. The first-order valence-corrected chi connectivity index (χ1v) is 11.9. The van der Waals surface area contributed by atoms with Crippen LogP contribution in [0, 0.1) is 6.92 Å². The highest BCUT2D eigenvalue weighted by atomic mass is 16.5. The lowest BCUT2D eigenvalue weighted by Crippen LogP contribution is -2.27. The van der Waals surface area contributed by atoms with Gasteiger partial charge in [-0.15, -0.1) is 0 Å². The number of carbonyl (C=O) groups excluding carboxylic acids is 1. The van der Waals surface area contributed by atoms with Gasteiger partial charge in [0, 0.05) is 36.8 Å². The summed E-state index contributed by atoms with van der Waals surface area (Å²) >= 11 is 0. The number of rotatable bonds is 9. The van der Waals surface area contributed by atoms with Crippen molar-refractivity contribution in [3.8, 4) is 0 Å². The summed E-state index contributed by atoms with van der Waals surface area (Å²) in [6.45, 7) is 10.0. The number of hydrogen-bond acceptors (Lipinski definition) is 6. The molecule has 0 aromatic carbocycles. The largest absolute Gasteiger partial charge is 0.377 e. The number of amides is 1. The summed E-state index contributed by atoms with van der Waals surface area (Å²) in [5.41, 5.74) is 4.09. The number of nitrogens with one attached hydrogen (secondary N) is 2. The molecule has 2 N–H and O–H groups in total. The predicted molar refractivity (Wildman–Crippen MR) is 132 cm³/mol. The molecule has 34 heavy (non-hydrogen) atoms. The van der Waals surface area contributed by atoms with E-state index in [1.165, 1.54) is 0 Å². The monoisotopic (exact) mass is 464 g/mol. The molecule has 4 aromatic rings. The Balaban J connectivity index is 1.53. The Morgan fingerprint density at radius 2 is 2.09 bits per heavy atom. The van der Waals surface area contributed by atoms with Gasteiger partial charge < -0.3 is 24.5 Å². The summed E-state index contributed by atoms with van der Waals surface area (Å²) in [6.07, 6.45) is 4.06. The molecule has 0 radical (unpaired) electrons. The number of carbonyl (C=O) groups is 1. The van der Waals surface area contributed by atoms with E-state index in [1.807, 2.05) is 60.7 Å². The van der Waals surface area contributed by atoms with Crippen LogP contribution < -0.4 is 10.6 Å². The summed E-state index contributed by atoms with van der Waals surface area (Å²) in [7, 11) is 1.96. The number of hydrogen-bond donors (Lipinski definition) is 2. The van der Waals surface area contributed by atoms with Crippen LogP contribution in [0.4, 0.5) is 11.6 Å². The molecule has 0 unspecified atom stereocenters. The Bertz CT molecular complexity index is 1360. The highest BCUT2D eigenvalue weighted by Gasteiger charge is 2.27. The van der Waals surface area contributed by atoms with Gasteiger partial charge in [0.1, 0.15) is 16.9 Å². The van der Waals surface area contributed by atoms with Crippen LogP contribution in [0.25, 0.3) is 22.1 Å². The predicted octanol–water partition coefficient (Wildman–Crippen LogP) is 3.51. The number of anilines is 2. The lowest BCUT2D eigenvalue weighted by atomic mass is 10.2. The van der Waals surface area contributed by atoms with Gasteiger partial charge >= 0.3 is 0 Å². The number of fused-ring (bicyclic) bond motifs is 3. The number of imidazole rings is 1. The summed E-state index contributed by atoms with van der Waals surface area (Å²) < 4.78 is 11.5. The zero-order valence-electron chi connectivity index (χ0n) is 20.4. The number of pyridine rings is 1. The van der Waals surface area contributed by atoms with Crippen molar-refractivity contribution in [2.24, 2.45) is 7.05 Å². The molecule has 180 valence electrons. The highest BCUT2D eigenvalue weighted by molar-refractivity contribution is 6.10. The molecule has 4 aromatic heterocycles. The Kier molecular flexibility index (Phi) is 5.76. The fraction of sp³-hybridized carbons (Fsp3) is 0.500. The van der Waals surface area contributed by atoms with E-state index in [1.54, 1.807) is 6.33 Å². The second-order valence-corrected chi connectivity index (χ2v) is 9.21. The minimum absolute atomic E-state index is 0.0508. The lowest BCUT2D eigenvalue weighted by molar-refractivity contribution is 0.0707. The van der Waals surface area contributed by atoms with Crippen molar-refractivity contribution >= 4 is 39.6 Å². The average Bonchev–Trinajstić information content (AvgIpc) is 3.24. The van der Waals surface area contributed by atoms with Crippen LogP contribution in [0.5, 0.6) is 0 Å². The molecule has 0 spiro atoms. The maximum absolute atomic E-state index is 12.9. The molecule has 0 saturated heterocycles. The summed E-state index contributed by atoms with van der Waals surface area (Å²) in [5, 5.41) is 12.1. The van der Waals surface area contributed by atoms with E-state index < -0.39 is 0 Å². The van der Waals surface area contributed by atoms with Crippen LogP contribution in [0.1, 0.15) is 49.8 Å². The van der Waals surface area contributed by atoms with Gasteiger partial charge in [-0.1, -0.05) is 0 Å². The van der Waals surface area contributed by atoms with Crippen molar-refractivity contribution < 1.29 is 9.53 Å². The molecular formula is C24H32N8O2. The highest BCUT2D eigenvalue weighted by Crippen LogP contribution is 2.32.